The second kappa shape index (κ2) is 12.6. The Balaban J connectivity index is 1.27. The van der Waals surface area contributed by atoms with Crippen LogP contribution in [-0.4, -0.2) is 39.6 Å². The lowest BCUT2D eigenvalue weighted by Crippen LogP contribution is -2.42. The number of carbonyl (C=O) groups is 3. The minimum Gasteiger partial charge on any atom is -0.481 e. The first-order valence-electron chi connectivity index (χ1n) is 15.2. The van der Waals surface area contributed by atoms with Crippen molar-refractivity contribution in [3.8, 4) is 0 Å². The molecule has 226 valence electrons. The standard InChI is InChI=1S/C36H35FN2O5/c1-22(35(41)42)24-9-7-23(8-10-24)19-30(34(40)39-33(21-44-36(39)43)27-5-3-2-4-6-27)26-13-11-25(12-14-26)29-17-18-38-32-16-15-28(37)20-31(29)32/h2-10,15-18,20,22,25-26,30,33H,11-14,19,21H2,1H3,(H,41,42)/t22?,25-,26+,30-,33+/m1/s1. The van der Waals surface area contributed by atoms with Crippen LogP contribution in [0, 0.1) is 17.7 Å². The Bertz CT molecular complexity index is 1670. The summed E-state index contributed by atoms with van der Waals surface area (Å²) in [5.41, 5.74) is 4.28. The van der Waals surface area contributed by atoms with Crippen molar-refractivity contribution in [2.24, 2.45) is 11.8 Å². The van der Waals surface area contributed by atoms with E-state index >= 15 is 0 Å². The highest BCUT2D eigenvalue weighted by Gasteiger charge is 2.44. The molecule has 0 radical (unpaired) electrons. The van der Waals surface area contributed by atoms with Gasteiger partial charge in [0.25, 0.3) is 0 Å². The molecule has 44 heavy (non-hydrogen) atoms. The third kappa shape index (κ3) is 5.94. The number of amides is 2. The number of ether oxygens (including phenoxy) is 1. The first kappa shape index (κ1) is 29.5. The molecule has 1 aromatic heterocycles. The number of fused-ring (bicyclic) bond motifs is 1. The highest BCUT2D eigenvalue weighted by molar-refractivity contribution is 5.95. The minimum atomic E-state index is -0.897. The fourth-order valence-electron chi connectivity index (χ4n) is 6.89. The fraction of sp³-hybridized carbons (Fsp3) is 0.333. The van der Waals surface area contributed by atoms with Crippen LogP contribution < -0.4 is 0 Å². The van der Waals surface area contributed by atoms with Crippen molar-refractivity contribution in [1.29, 1.82) is 0 Å². The van der Waals surface area contributed by atoms with E-state index < -0.39 is 29.9 Å². The van der Waals surface area contributed by atoms with Gasteiger partial charge in [-0.3, -0.25) is 14.6 Å². The molecule has 4 aromatic rings. The van der Waals surface area contributed by atoms with Gasteiger partial charge in [-0.1, -0.05) is 54.6 Å². The van der Waals surface area contributed by atoms with E-state index in [1.165, 1.54) is 11.0 Å². The second-order valence-corrected chi connectivity index (χ2v) is 12.0. The van der Waals surface area contributed by atoms with Crippen molar-refractivity contribution in [3.63, 3.8) is 0 Å². The molecule has 1 aliphatic heterocycles. The molecule has 2 aliphatic rings. The molecule has 2 fully saturated rings. The molecule has 1 N–H and O–H groups in total. The Hall–Kier alpha value is -4.59. The number of halogens is 1. The summed E-state index contributed by atoms with van der Waals surface area (Å²) in [5.74, 6) is -2.31. The van der Waals surface area contributed by atoms with Crippen molar-refractivity contribution >= 4 is 28.9 Å². The Morgan fingerprint density at radius 2 is 1.73 bits per heavy atom. The molecule has 2 heterocycles. The summed E-state index contributed by atoms with van der Waals surface area (Å²) in [6.07, 6.45) is 4.76. The Morgan fingerprint density at radius 1 is 1.00 bits per heavy atom. The molecule has 0 bridgehead atoms. The van der Waals surface area contributed by atoms with Crippen LogP contribution in [0.4, 0.5) is 9.18 Å². The van der Waals surface area contributed by atoms with Gasteiger partial charge >= 0.3 is 12.1 Å². The number of hydrogen-bond donors (Lipinski definition) is 1. The Kier molecular flexibility index (Phi) is 8.42. The summed E-state index contributed by atoms with van der Waals surface area (Å²) in [6.45, 7) is 1.76. The molecular weight excluding hydrogens is 559 g/mol. The van der Waals surface area contributed by atoms with Crippen LogP contribution in [0.2, 0.25) is 0 Å². The molecule has 1 aliphatic carbocycles. The average Bonchev–Trinajstić information content (AvgIpc) is 3.44. The number of carbonyl (C=O) groups excluding carboxylic acids is 2. The molecule has 1 unspecified atom stereocenters. The van der Waals surface area contributed by atoms with Crippen LogP contribution in [0.3, 0.4) is 0 Å². The topological polar surface area (TPSA) is 96.8 Å². The highest BCUT2D eigenvalue weighted by atomic mass is 19.1. The number of pyridine rings is 1. The van der Waals surface area contributed by atoms with E-state index in [1.807, 2.05) is 48.5 Å². The number of nitrogens with zero attached hydrogens (tertiary/aromatic N) is 2. The zero-order chi connectivity index (χ0) is 30.8. The van der Waals surface area contributed by atoms with Gasteiger partial charge in [-0.2, -0.15) is 0 Å². The van der Waals surface area contributed by atoms with Gasteiger partial charge in [0.2, 0.25) is 5.91 Å². The fourth-order valence-corrected chi connectivity index (χ4v) is 6.89. The molecule has 3 atom stereocenters. The van der Waals surface area contributed by atoms with Gasteiger partial charge in [0.05, 0.1) is 11.4 Å². The van der Waals surface area contributed by atoms with Gasteiger partial charge in [-0.05, 0) is 97.4 Å². The van der Waals surface area contributed by atoms with Crippen molar-refractivity contribution < 1.29 is 28.6 Å². The zero-order valence-electron chi connectivity index (χ0n) is 24.6. The SMILES string of the molecule is CC(C(=O)O)c1ccc(C[C@@H](C(=O)N2C(=O)OC[C@H]2c2ccccc2)[C@H]2CC[C@@H](c3ccnc4ccc(F)cc43)CC2)cc1. The van der Waals surface area contributed by atoms with Crippen LogP contribution in [-0.2, 0) is 20.7 Å². The molecule has 7 nitrogen and oxygen atoms in total. The van der Waals surface area contributed by atoms with E-state index in [2.05, 4.69) is 4.98 Å². The Labute approximate surface area is 255 Å². The lowest BCUT2D eigenvalue weighted by molar-refractivity contribution is -0.138. The van der Waals surface area contributed by atoms with Crippen LogP contribution in [0.15, 0.2) is 85.1 Å². The van der Waals surface area contributed by atoms with E-state index in [0.29, 0.717) is 12.0 Å². The predicted octanol–water partition coefficient (Wildman–Crippen LogP) is 7.41. The van der Waals surface area contributed by atoms with Gasteiger partial charge < -0.3 is 9.84 Å². The third-order valence-corrected chi connectivity index (χ3v) is 9.44. The number of aromatic nitrogens is 1. The molecule has 0 spiro atoms. The van der Waals surface area contributed by atoms with E-state index in [-0.39, 0.29) is 30.2 Å². The van der Waals surface area contributed by atoms with E-state index in [4.69, 9.17) is 4.74 Å². The van der Waals surface area contributed by atoms with Crippen molar-refractivity contribution in [3.05, 3.63) is 113 Å². The number of hydrogen-bond acceptors (Lipinski definition) is 5. The maximum Gasteiger partial charge on any atom is 0.417 e. The van der Waals surface area contributed by atoms with E-state index in [1.54, 1.807) is 37.4 Å². The Morgan fingerprint density at radius 3 is 2.43 bits per heavy atom. The molecule has 6 rings (SSSR count). The van der Waals surface area contributed by atoms with Gasteiger partial charge in [0, 0.05) is 17.5 Å². The number of carboxylic acids is 1. The number of rotatable bonds is 8. The van der Waals surface area contributed by atoms with Crippen LogP contribution in [0.25, 0.3) is 10.9 Å². The maximum absolute atomic E-state index is 14.4. The number of benzene rings is 3. The summed E-state index contributed by atoms with van der Waals surface area (Å²) < 4.78 is 19.6. The zero-order valence-corrected chi connectivity index (χ0v) is 24.6. The molecule has 3 aromatic carbocycles. The van der Waals surface area contributed by atoms with Crippen LogP contribution in [0.5, 0.6) is 0 Å². The largest absolute Gasteiger partial charge is 0.481 e. The average molecular weight is 595 g/mol. The second-order valence-electron chi connectivity index (χ2n) is 12.0. The summed E-state index contributed by atoms with van der Waals surface area (Å²) in [4.78, 5) is 44.6. The maximum atomic E-state index is 14.4. The van der Waals surface area contributed by atoms with Crippen LogP contribution in [0.1, 0.15) is 72.7 Å². The molecule has 2 amide bonds. The lowest BCUT2D eigenvalue weighted by atomic mass is 9.71. The highest BCUT2D eigenvalue weighted by Crippen LogP contribution is 2.43. The normalized spacial score (nSPS) is 21.5. The molecule has 1 saturated heterocycles. The number of carboxylic acid groups (broad SMARTS) is 1. The smallest absolute Gasteiger partial charge is 0.417 e. The number of cyclic esters (lactones) is 1. The summed E-state index contributed by atoms with van der Waals surface area (Å²) in [7, 11) is 0. The van der Waals surface area contributed by atoms with Gasteiger partial charge in [0.1, 0.15) is 18.5 Å². The summed E-state index contributed by atoms with van der Waals surface area (Å²) >= 11 is 0. The lowest BCUT2D eigenvalue weighted by Gasteiger charge is -2.35. The van der Waals surface area contributed by atoms with E-state index in [9.17, 15) is 23.9 Å². The monoisotopic (exact) mass is 594 g/mol. The van der Waals surface area contributed by atoms with Crippen LogP contribution >= 0.6 is 0 Å². The number of imide groups is 1. The van der Waals surface area contributed by atoms with Crippen molar-refractivity contribution in [1.82, 2.24) is 9.88 Å². The van der Waals surface area contributed by atoms with Crippen molar-refractivity contribution in [2.75, 3.05) is 6.61 Å². The third-order valence-electron chi connectivity index (χ3n) is 9.44. The summed E-state index contributed by atoms with van der Waals surface area (Å²) in [5, 5.41) is 10.2. The first-order chi connectivity index (χ1) is 21.3. The van der Waals surface area contributed by atoms with Gasteiger partial charge in [-0.15, -0.1) is 0 Å². The van der Waals surface area contributed by atoms with E-state index in [0.717, 1.165) is 53.3 Å². The molecule has 1 saturated carbocycles. The molecular formula is C36H35FN2O5. The first-order valence-corrected chi connectivity index (χ1v) is 15.2. The predicted molar refractivity (Wildman–Crippen MR) is 163 cm³/mol. The van der Waals surface area contributed by atoms with Gasteiger partial charge in [-0.25, -0.2) is 14.1 Å². The quantitative estimate of drug-likeness (QED) is 0.228. The van der Waals surface area contributed by atoms with Gasteiger partial charge in [0.15, 0.2) is 0 Å². The summed E-state index contributed by atoms with van der Waals surface area (Å²) in [6, 6.07) is 23.0. The minimum absolute atomic E-state index is 0.0195. The number of aliphatic carboxylic acids is 1. The van der Waals surface area contributed by atoms with Crippen molar-refractivity contribution in [2.45, 2.75) is 56.9 Å². The molecule has 8 heteroatoms.